The molecule has 0 aliphatic carbocycles. The fourth-order valence-corrected chi connectivity index (χ4v) is 2.95. The summed E-state index contributed by atoms with van der Waals surface area (Å²) in [5, 5.41) is 3.47. The summed E-state index contributed by atoms with van der Waals surface area (Å²) in [5.74, 6) is 0.817. The van der Waals surface area contributed by atoms with Crippen LogP contribution in [0.5, 0.6) is 0 Å². The van der Waals surface area contributed by atoms with Crippen LogP contribution in [-0.2, 0) is 9.53 Å². The second kappa shape index (κ2) is 6.02. The standard InChI is InChI=1S/C14H26N2O2/c1-4-13-15-12(8-10(2)3)14(17)16(13)9-11-6-5-7-18-11/h10-13,15H,4-9H2,1-3H3. The number of hydrogen-bond acceptors (Lipinski definition) is 3. The van der Waals surface area contributed by atoms with E-state index in [2.05, 4.69) is 26.1 Å². The summed E-state index contributed by atoms with van der Waals surface area (Å²) >= 11 is 0. The van der Waals surface area contributed by atoms with Crippen LogP contribution in [0.4, 0.5) is 0 Å². The molecule has 0 aromatic rings. The summed E-state index contributed by atoms with van der Waals surface area (Å²) in [6.45, 7) is 8.08. The van der Waals surface area contributed by atoms with Gasteiger partial charge in [0.1, 0.15) is 0 Å². The average Bonchev–Trinajstić information content (AvgIpc) is 2.91. The van der Waals surface area contributed by atoms with Crippen molar-refractivity contribution in [3.05, 3.63) is 0 Å². The number of rotatable bonds is 5. The lowest BCUT2D eigenvalue weighted by Crippen LogP contribution is -2.41. The van der Waals surface area contributed by atoms with Gasteiger partial charge >= 0.3 is 0 Å². The van der Waals surface area contributed by atoms with Crippen molar-refractivity contribution in [2.75, 3.05) is 13.2 Å². The quantitative estimate of drug-likeness (QED) is 0.812. The van der Waals surface area contributed by atoms with E-state index < -0.39 is 0 Å². The molecule has 2 aliphatic rings. The van der Waals surface area contributed by atoms with Gasteiger partial charge in [0.2, 0.25) is 5.91 Å². The maximum absolute atomic E-state index is 12.4. The number of nitrogens with zero attached hydrogens (tertiary/aromatic N) is 1. The van der Waals surface area contributed by atoms with Crippen molar-refractivity contribution in [3.8, 4) is 0 Å². The molecule has 2 fully saturated rings. The van der Waals surface area contributed by atoms with Gasteiger partial charge in [0.25, 0.3) is 0 Å². The maximum atomic E-state index is 12.4. The molecule has 1 amide bonds. The molecule has 0 saturated carbocycles. The number of carbonyl (C=O) groups excluding carboxylic acids is 1. The predicted octanol–water partition coefficient (Wildman–Crippen LogP) is 1.75. The Hall–Kier alpha value is -0.610. The van der Waals surface area contributed by atoms with E-state index >= 15 is 0 Å². The van der Waals surface area contributed by atoms with Crippen molar-refractivity contribution in [1.29, 1.82) is 0 Å². The van der Waals surface area contributed by atoms with E-state index in [0.29, 0.717) is 5.92 Å². The minimum absolute atomic E-state index is 0.0105. The molecular weight excluding hydrogens is 228 g/mol. The van der Waals surface area contributed by atoms with Crippen LogP contribution in [0.2, 0.25) is 0 Å². The SMILES string of the molecule is CCC1NC(CC(C)C)C(=O)N1CC1CCCO1. The highest BCUT2D eigenvalue weighted by Gasteiger charge is 2.39. The summed E-state index contributed by atoms with van der Waals surface area (Å²) in [4.78, 5) is 14.4. The molecule has 4 nitrogen and oxygen atoms in total. The van der Waals surface area contributed by atoms with Crippen LogP contribution < -0.4 is 5.32 Å². The first-order valence-electron chi connectivity index (χ1n) is 7.30. The molecule has 0 bridgehead atoms. The molecule has 0 aromatic carbocycles. The molecule has 1 N–H and O–H groups in total. The van der Waals surface area contributed by atoms with E-state index in [-0.39, 0.29) is 24.2 Å². The van der Waals surface area contributed by atoms with Crippen molar-refractivity contribution in [2.24, 2.45) is 5.92 Å². The number of nitrogens with one attached hydrogen (secondary N) is 1. The van der Waals surface area contributed by atoms with Gasteiger partial charge in [-0.2, -0.15) is 0 Å². The first-order valence-corrected chi connectivity index (χ1v) is 7.30. The summed E-state index contributed by atoms with van der Waals surface area (Å²) in [5.41, 5.74) is 0. The van der Waals surface area contributed by atoms with Gasteiger partial charge in [-0.1, -0.05) is 20.8 Å². The van der Waals surface area contributed by atoms with Gasteiger partial charge < -0.3 is 9.64 Å². The Kier molecular flexibility index (Phi) is 4.62. The van der Waals surface area contributed by atoms with Crippen LogP contribution in [0.1, 0.15) is 46.5 Å². The first kappa shape index (κ1) is 13.8. The number of carbonyl (C=O) groups is 1. The van der Waals surface area contributed by atoms with Crippen molar-refractivity contribution in [1.82, 2.24) is 10.2 Å². The molecule has 3 unspecified atom stereocenters. The monoisotopic (exact) mass is 254 g/mol. The molecule has 2 rings (SSSR count). The van der Waals surface area contributed by atoms with E-state index in [1.165, 1.54) is 0 Å². The van der Waals surface area contributed by atoms with E-state index in [1.54, 1.807) is 0 Å². The maximum Gasteiger partial charge on any atom is 0.241 e. The summed E-state index contributed by atoms with van der Waals surface area (Å²) < 4.78 is 5.65. The molecule has 4 heteroatoms. The van der Waals surface area contributed by atoms with Crippen LogP contribution in [0.3, 0.4) is 0 Å². The van der Waals surface area contributed by atoms with Gasteiger partial charge in [-0.25, -0.2) is 0 Å². The van der Waals surface area contributed by atoms with E-state index in [9.17, 15) is 4.79 Å². The highest BCUT2D eigenvalue weighted by Crippen LogP contribution is 2.22. The van der Waals surface area contributed by atoms with Crippen LogP contribution in [0, 0.1) is 5.92 Å². The Balaban J connectivity index is 1.96. The lowest BCUT2D eigenvalue weighted by molar-refractivity contribution is -0.131. The molecule has 0 spiro atoms. The highest BCUT2D eigenvalue weighted by atomic mass is 16.5. The Labute approximate surface area is 110 Å². The van der Waals surface area contributed by atoms with E-state index in [1.807, 2.05) is 4.90 Å². The lowest BCUT2D eigenvalue weighted by Gasteiger charge is -2.25. The third-order valence-corrected chi connectivity index (χ3v) is 3.87. The van der Waals surface area contributed by atoms with Crippen LogP contribution in [0.25, 0.3) is 0 Å². The molecule has 104 valence electrons. The van der Waals surface area contributed by atoms with Gasteiger partial charge in [-0.3, -0.25) is 10.1 Å². The van der Waals surface area contributed by atoms with E-state index in [4.69, 9.17) is 4.74 Å². The molecule has 0 radical (unpaired) electrons. The molecule has 2 heterocycles. The van der Waals surface area contributed by atoms with E-state index in [0.717, 1.165) is 38.8 Å². The zero-order valence-electron chi connectivity index (χ0n) is 11.8. The third kappa shape index (κ3) is 3.04. The Morgan fingerprint density at radius 1 is 1.50 bits per heavy atom. The topological polar surface area (TPSA) is 41.6 Å². The van der Waals surface area contributed by atoms with Gasteiger partial charge in [-0.05, 0) is 31.6 Å². The molecule has 18 heavy (non-hydrogen) atoms. The minimum atomic E-state index is 0.0105. The largest absolute Gasteiger partial charge is 0.376 e. The van der Waals surface area contributed by atoms with Gasteiger partial charge in [0.15, 0.2) is 0 Å². The molecule has 2 aliphatic heterocycles. The number of hydrogen-bond donors (Lipinski definition) is 1. The summed E-state index contributed by atoms with van der Waals surface area (Å²) in [6, 6.07) is 0.0105. The first-order chi connectivity index (χ1) is 8.61. The number of ether oxygens (including phenoxy) is 1. The minimum Gasteiger partial charge on any atom is -0.376 e. The number of amides is 1. The second-order valence-electron chi connectivity index (χ2n) is 5.90. The smallest absolute Gasteiger partial charge is 0.241 e. The van der Waals surface area contributed by atoms with Gasteiger partial charge in [0, 0.05) is 13.2 Å². The summed E-state index contributed by atoms with van der Waals surface area (Å²) in [6.07, 6.45) is 4.57. The Morgan fingerprint density at radius 3 is 2.83 bits per heavy atom. The van der Waals surface area contributed by atoms with Crippen LogP contribution >= 0.6 is 0 Å². The average molecular weight is 254 g/mol. The summed E-state index contributed by atoms with van der Waals surface area (Å²) in [7, 11) is 0. The zero-order valence-corrected chi connectivity index (χ0v) is 11.8. The lowest BCUT2D eigenvalue weighted by atomic mass is 10.0. The molecule has 0 aromatic heterocycles. The highest BCUT2D eigenvalue weighted by molar-refractivity contribution is 5.84. The zero-order chi connectivity index (χ0) is 13.1. The molecule has 2 saturated heterocycles. The van der Waals surface area contributed by atoms with Crippen molar-refractivity contribution < 1.29 is 9.53 Å². The molecular formula is C14H26N2O2. The fourth-order valence-electron chi connectivity index (χ4n) is 2.95. The van der Waals surface area contributed by atoms with Crippen molar-refractivity contribution >= 4 is 5.91 Å². The normalized spacial score (nSPS) is 32.8. The van der Waals surface area contributed by atoms with Crippen molar-refractivity contribution in [2.45, 2.75) is 64.8 Å². The third-order valence-electron chi connectivity index (χ3n) is 3.87. The molecule has 3 atom stereocenters. The van der Waals surface area contributed by atoms with Gasteiger partial charge in [0.05, 0.1) is 18.3 Å². The Morgan fingerprint density at radius 2 is 2.28 bits per heavy atom. The predicted molar refractivity (Wildman–Crippen MR) is 71.1 cm³/mol. The fraction of sp³-hybridized carbons (Fsp3) is 0.929. The van der Waals surface area contributed by atoms with Crippen LogP contribution in [-0.4, -0.2) is 42.3 Å². The van der Waals surface area contributed by atoms with Gasteiger partial charge in [-0.15, -0.1) is 0 Å². The van der Waals surface area contributed by atoms with Crippen molar-refractivity contribution in [3.63, 3.8) is 0 Å². The second-order valence-corrected chi connectivity index (χ2v) is 5.90. The Bertz CT molecular complexity index is 288. The van der Waals surface area contributed by atoms with Crippen LogP contribution in [0.15, 0.2) is 0 Å².